The standard InChI is InChI=1S/C13H21NO/c1-10-6-5-7-11(8-10)13(4,15)12(2,3)9-14/h5-8,15H,9,14H2,1-4H3. The molecule has 84 valence electrons. The Balaban J connectivity index is 3.16. The summed E-state index contributed by atoms with van der Waals surface area (Å²) in [6, 6.07) is 7.95. The molecule has 0 aliphatic carbocycles. The van der Waals surface area contributed by atoms with E-state index in [1.54, 1.807) is 0 Å². The van der Waals surface area contributed by atoms with Gasteiger partial charge in [0.1, 0.15) is 0 Å². The summed E-state index contributed by atoms with van der Waals surface area (Å²) in [5.41, 5.74) is 6.56. The van der Waals surface area contributed by atoms with Gasteiger partial charge in [-0.25, -0.2) is 0 Å². The Morgan fingerprint density at radius 3 is 2.33 bits per heavy atom. The largest absolute Gasteiger partial charge is 0.385 e. The molecule has 0 amide bonds. The lowest BCUT2D eigenvalue weighted by molar-refractivity contribution is -0.0521. The van der Waals surface area contributed by atoms with Gasteiger partial charge in [-0.15, -0.1) is 0 Å². The van der Waals surface area contributed by atoms with Gasteiger partial charge < -0.3 is 10.8 Å². The third kappa shape index (κ3) is 2.21. The van der Waals surface area contributed by atoms with Crippen LogP contribution in [0.5, 0.6) is 0 Å². The molecule has 3 N–H and O–H groups in total. The first-order valence-electron chi connectivity index (χ1n) is 5.31. The quantitative estimate of drug-likeness (QED) is 0.798. The van der Waals surface area contributed by atoms with Crippen molar-refractivity contribution in [1.29, 1.82) is 0 Å². The van der Waals surface area contributed by atoms with Gasteiger partial charge in [0.25, 0.3) is 0 Å². The molecule has 1 aromatic rings. The molecule has 0 fully saturated rings. The highest BCUT2D eigenvalue weighted by atomic mass is 16.3. The van der Waals surface area contributed by atoms with Crippen LogP contribution in [-0.4, -0.2) is 11.7 Å². The normalized spacial score (nSPS) is 16.1. The molecule has 1 atom stereocenters. The van der Waals surface area contributed by atoms with Gasteiger partial charge in [-0.1, -0.05) is 43.7 Å². The summed E-state index contributed by atoms with van der Waals surface area (Å²) in [6.45, 7) is 8.27. The Kier molecular flexibility index (Phi) is 3.22. The zero-order valence-electron chi connectivity index (χ0n) is 10.0. The van der Waals surface area contributed by atoms with Gasteiger partial charge in [0.2, 0.25) is 0 Å². The second-order valence-corrected chi connectivity index (χ2v) is 5.03. The maximum Gasteiger partial charge on any atom is 0.0931 e. The maximum absolute atomic E-state index is 10.6. The molecule has 2 heteroatoms. The SMILES string of the molecule is Cc1cccc(C(C)(O)C(C)(C)CN)c1. The van der Waals surface area contributed by atoms with Crippen molar-refractivity contribution in [3.05, 3.63) is 35.4 Å². The lowest BCUT2D eigenvalue weighted by atomic mass is 9.72. The third-order valence-electron chi connectivity index (χ3n) is 3.41. The van der Waals surface area contributed by atoms with Crippen molar-refractivity contribution < 1.29 is 5.11 Å². The predicted molar refractivity (Wildman–Crippen MR) is 63.6 cm³/mol. The summed E-state index contributed by atoms with van der Waals surface area (Å²) < 4.78 is 0. The van der Waals surface area contributed by atoms with Crippen molar-refractivity contribution in [3.63, 3.8) is 0 Å². The maximum atomic E-state index is 10.6. The van der Waals surface area contributed by atoms with Crippen molar-refractivity contribution in [2.45, 2.75) is 33.3 Å². The van der Waals surface area contributed by atoms with Crippen LogP contribution in [0.25, 0.3) is 0 Å². The van der Waals surface area contributed by atoms with Crippen LogP contribution in [0.3, 0.4) is 0 Å². The minimum atomic E-state index is -0.895. The van der Waals surface area contributed by atoms with Crippen molar-refractivity contribution in [3.8, 4) is 0 Å². The molecule has 2 nitrogen and oxygen atoms in total. The first kappa shape index (κ1) is 12.2. The Morgan fingerprint density at radius 1 is 1.27 bits per heavy atom. The Labute approximate surface area is 92.1 Å². The van der Waals surface area contributed by atoms with Crippen molar-refractivity contribution >= 4 is 0 Å². The summed E-state index contributed by atoms with van der Waals surface area (Å²) in [5, 5.41) is 10.6. The van der Waals surface area contributed by atoms with Gasteiger partial charge in [-0.2, -0.15) is 0 Å². The predicted octanol–water partition coefficient (Wildman–Crippen LogP) is 2.19. The third-order valence-corrected chi connectivity index (χ3v) is 3.41. The molecule has 0 bridgehead atoms. The van der Waals surface area contributed by atoms with Gasteiger partial charge >= 0.3 is 0 Å². The fraction of sp³-hybridized carbons (Fsp3) is 0.538. The van der Waals surface area contributed by atoms with E-state index in [4.69, 9.17) is 5.73 Å². The highest BCUT2D eigenvalue weighted by Crippen LogP contribution is 2.38. The van der Waals surface area contributed by atoms with Crippen LogP contribution >= 0.6 is 0 Å². The van der Waals surface area contributed by atoms with Gasteiger partial charge in [0.15, 0.2) is 0 Å². The molecule has 0 aliphatic heterocycles. The second kappa shape index (κ2) is 3.95. The van der Waals surface area contributed by atoms with E-state index in [0.717, 1.165) is 11.1 Å². The number of hydrogen-bond acceptors (Lipinski definition) is 2. The summed E-state index contributed by atoms with van der Waals surface area (Å²) in [5.74, 6) is 0. The average molecular weight is 207 g/mol. The topological polar surface area (TPSA) is 46.2 Å². The van der Waals surface area contributed by atoms with Gasteiger partial charge in [-0.05, 0) is 19.4 Å². The van der Waals surface area contributed by atoms with Crippen LogP contribution < -0.4 is 5.73 Å². The number of aliphatic hydroxyl groups is 1. The summed E-state index contributed by atoms with van der Waals surface area (Å²) in [4.78, 5) is 0. The lowest BCUT2D eigenvalue weighted by Crippen LogP contribution is -2.44. The fourth-order valence-electron chi connectivity index (χ4n) is 1.54. The van der Waals surface area contributed by atoms with Crippen molar-refractivity contribution in [1.82, 2.24) is 0 Å². The average Bonchev–Trinajstić information content (AvgIpc) is 2.17. The van der Waals surface area contributed by atoms with E-state index < -0.39 is 5.60 Å². The van der Waals surface area contributed by atoms with Gasteiger partial charge in [0, 0.05) is 12.0 Å². The van der Waals surface area contributed by atoms with Crippen LogP contribution in [0.1, 0.15) is 31.9 Å². The van der Waals surface area contributed by atoms with Crippen LogP contribution in [-0.2, 0) is 5.60 Å². The zero-order valence-corrected chi connectivity index (χ0v) is 10.0. The number of nitrogens with two attached hydrogens (primary N) is 1. The van der Waals surface area contributed by atoms with E-state index in [9.17, 15) is 5.11 Å². The van der Waals surface area contributed by atoms with Crippen LogP contribution in [0.4, 0.5) is 0 Å². The second-order valence-electron chi connectivity index (χ2n) is 5.03. The number of hydrogen-bond donors (Lipinski definition) is 2. The molecule has 0 radical (unpaired) electrons. The summed E-state index contributed by atoms with van der Waals surface area (Å²) in [6.07, 6.45) is 0. The van der Waals surface area contributed by atoms with E-state index in [0.29, 0.717) is 6.54 Å². The minimum Gasteiger partial charge on any atom is -0.385 e. The fourth-order valence-corrected chi connectivity index (χ4v) is 1.54. The molecule has 15 heavy (non-hydrogen) atoms. The van der Waals surface area contributed by atoms with Crippen LogP contribution in [0, 0.1) is 12.3 Å². The molecule has 1 rings (SSSR count). The number of benzene rings is 1. The molecule has 0 heterocycles. The minimum absolute atomic E-state index is 0.333. The van der Waals surface area contributed by atoms with Gasteiger partial charge in [0.05, 0.1) is 5.60 Å². The highest BCUT2D eigenvalue weighted by molar-refractivity contribution is 5.28. The lowest BCUT2D eigenvalue weighted by Gasteiger charge is -2.39. The van der Waals surface area contributed by atoms with Crippen molar-refractivity contribution in [2.75, 3.05) is 6.54 Å². The number of rotatable bonds is 3. The van der Waals surface area contributed by atoms with Crippen LogP contribution in [0.2, 0.25) is 0 Å². The number of aryl methyl sites for hydroxylation is 1. The van der Waals surface area contributed by atoms with Gasteiger partial charge in [-0.3, -0.25) is 0 Å². The van der Waals surface area contributed by atoms with E-state index in [2.05, 4.69) is 0 Å². The van der Waals surface area contributed by atoms with E-state index in [1.807, 2.05) is 52.0 Å². The zero-order chi connectivity index (χ0) is 11.7. The first-order chi connectivity index (χ1) is 6.81. The molecule has 0 spiro atoms. The Morgan fingerprint density at radius 2 is 1.87 bits per heavy atom. The Hall–Kier alpha value is -0.860. The summed E-state index contributed by atoms with van der Waals surface area (Å²) >= 11 is 0. The molecule has 0 saturated carbocycles. The molecule has 0 saturated heterocycles. The molecule has 0 aliphatic rings. The molecule has 1 aromatic carbocycles. The van der Waals surface area contributed by atoms with Crippen molar-refractivity contribution in [2.24, 2.45) is 11.1 Å². The molecule has 0 aromatic heterocycles. The molecular formula is C13H21NO. The Bertz CT molecular complexity index is 342. The molecular weight excluding hydrogens is 186 g/mol. The van der Waals surface area contributed by atoms with E-state index >= 15 is 0 Å². The van der Waals surface area contributed by atoms with Crippen LogP contribution in [0.15, 0.2) is 24.3 Å². The first-order valence-corrected chi connectivity index (χ1v) is 5.31. The highest BCUT2D eigenvalue weighted by Gasteiger charge is 2.39. The smallest absolute Gasteiger partial charge is 0.0931 e. The summed E-state index contributed by atoms with van der Waals surface area (Å²) in [7, 11) is 0. The van der Waals surface area contributed by atoms with E-state index in [-0.39, 0.29) is 5.41 Å². The van der Waals surface area contributed by atoms with E-state index in [1.165, 1.54) is 0 Å². The molecule has 1 unspecified atom stereocenters. The monoisotopic (exact) mass is 207 g/mol.